The summed E-state index contributed by atoms with van der Waals surface area (Å²) in [5.74, 6) is 0.965. The van der Waals surface area contributed by atoms with Crippen molar-refractivity contribution in [2.45, 2.75) is 33.1 Å². The minimum Gasteiger partial charge on any atom is -0.339 e. The molecule has 1 amide bonds. The first-order valence-electron chi connectivity index (χ1n) is 8.36. The smallest absolute Gasteiger partial charge is 0.239 e. The molecule has 0 unspecified atom stereocenters. The molecule has 0 atom stereocenters. The predicted octanol–water partition coefficient (Wildman–Crippen LogP) is 2.00. The van der Waals surface area contributed by atoms with Crippen LogP contribution in [0, 0.1) is 0 Å². The molecule has 26 heavy (non-hydrogen) atoms. The van der Waals surface area contributed by atoms with Gasteiger partial charge in [-0.25, -0.2) is 8.42 Å². The maximum Gasteiger partial charge on any atom is 0.239 e. The van der Waals surface area contributed by atoms with Gasteiger partial charge in [0.05, 0.1) is 12.3 Å². The van der Waals surface area contributed by atoms with Crippen molar-refractivity contribution < 1.29 is 17.7 Å². The van der Waals surface area contributed by atoms with Crippen LogP contribution in [0.3, 0.4) is 0 Å². The van der Waals surface area contributed by atoms with Gasteiger partial charge in [-0.1, -0.05) is 31.1 Å². The van der Waals surface area contributed by atoms with E-state index in [0.717, 1.165) is 9.87 Å². The Bertz CT molecular complexity index is 844. The Morgan fingerprint density at radius 1 is 1.27 bits per heavy atom. The van der Waals surface area contributed by atoms with Crippen molar-refractivity contribution in [3.8, 4) is 0 Å². The third kappa shape index (κ3) is 5.37. The molecule has 8 nitrogen and oxygen atoms in total. The Kier molecular flexibility index (Phi) is 6.49. The highest BCUT2D eigenvalue weighted by molar-refractivity contribution is 7.89. The van der Waals surface area contributed by atoms with Crippen molar-refractivity contribution in [2.75, 3.05) is 24.7 Å². The van der Waals surface area contributed by atoms with Crippen LogP contribution in [0.4, 0.5) is 5.69 Å². The fourth-order valence-electron chi connectivity index (χ4n) is 2.18. The van der Waals surface area contributed by atoms with Crippen molar-refractivity contribution in [1.29, 1.82) is 0 Å². The van der Waals surface area contributed by atoms with Gasteiger partial charge < -0.3 is 9.84 Å². The van der Waals surface area contributed by atoms with Gasteiger partial charge in [0, 0.05) is 25.1 Å². The molecule has 0 aliphatic heterocycles. The second-order valence-corrected chi connectivity index (χ2v) is 8.65. The average Bonchev–Trinajstić information content (AvgIpc) is 3.05. The van der Waals surface area contributed by atoms with Gasteiger partial charge in [-0.05, 0) is 24.6 Å². The second-order valence-electron chi connectivity index (χ2n) is 6.28. The van der Waals surface area contributed by atoms with Crippen LogP contribution in [0.5, 0.6) is 0 Å². The lowest BCUT2D eigenvalue weighted by Gasteiger charge is -2.15. The summed E-state index contributed by atoms with van der Waals surface area (Å²) >= 11 is 0. The number of rotatable bonds is 8. The van der Waals surface area contributed by atoms with Gasteiger partial charge in [-0.3, -0.25) is 4.79 Å². The van der Waals surface area contributed by atoms with E-state index in [9.17, 15) is 13.2 Å². The molecule has 1 heterocycles. The molecule has 0 saturated carbocycles. The van der Waals surface area contributed by atoms with Gasteiger partial charge in [0.1, 0.15) is 0 Å². The van der Waals surface area contributed by atoms with Gasteiger partial charge >= 0.3 is 0 Å². The van der Waals surface area contributed by atoms with Crippen LogP contribution in [-0.4, -0.2) is 48.1 Å². The Morgan fingerprint density at radius 2 is 1.92 bits per heavy atom. The molecule has 0 radical (unpaired) electrons. The first-order valence-corrected chi connectivity index (χ1v) is 9.97. The van der Waals surface area contributed by atoms with Crippen molar-refractivity contribution in [1.82, 2.24) is 14.4 Å². The maximum atomic E-state index is 12.0. The summed E-state index contributed by atoms with van der Waals surface area (Å²) in [4.78, 5) is 16.3. The van der Waals surface area contributed by atoms with Gasteiger partial charge in [0.2, 0.25) is 21.8 Å². The number of carbonyl (C=O) groups is 1. The minimum atomic E-state index is -3.38. The summed E-state index contributed by atoms with van der Waals surface area (Å²) in [5, 5.41) is 6.63. The maximum absolute atomic E-state index is 12.0. The average molecular weight is 380 g/mol. The molecule has 0 fully saturated rings. The topological polar surface area (TPSA) is 105 Å². The normalized spacial score (nSPS) is 11.9. The van der Waals surface area contributed by atoms with Crippen molar-refractivity contribution in [3.05, 3.63) is 41.5 Å². The Morgan fingerprint density at radius 3 is 2.46 bits per heavy atom. The molecule has 0 aliphatic rings. The molecular formula is C17H24N4O4S. The molecule has 0 saturated heterocycles. The first-order chi connectivity index (χ1) is 12.2. The van der Waals surface area contributed by atoms with E-state index in [4.69, 9.17) is 4.52 Å². The second kappa shape index (κ2) is 8.41. The number of hydrogen-bond acceptors (Lipinski definition) is 6. The van der Waals surface area contributed by atoms with E-state index >= 15 is 0 Å². The molecule has 9 heteroatoms. The van der Waals surface area contributed by atoms with E-state index in [1.807, 2.05) is 26.0 Å². The van der Waals surface area contributed by atoms with Gasteiger partial charge in [0.15, 0.2) is 5.82 Å². The monoisotopic (exact) mass is 380 g/mol. The lowest BCUT2D eigenvalue weighted by molar-refractivity contribution is -0.116. The molecule has 1 aromatic heterocycles. The van der Waals surface area contributed by atoms with Crippen molar-refractivity contribution in [2.24, 2.45) is 0 Å². The molecular weight excluding hydrogens is 356 g/mol. The quantitative estimate of drug-likeness (QED) is 0.751. The third-order valence-corrected chi connectivity index (χ3v) is 5.59. The van der Waals surface area contributed by atoms with Gasteiger partial charge in [-0.2, -0.15) is 9.29 Å². The van der Waals surface area contributed by atoms with Crippen LogP contribution in [0.2, 0.25) is 0 Å². The highest BCUT2D eigenvalue weighted by Crippen LogP contribution is 2.15. The number of sulfonamides is 1. The fraction of sp³-hybridized carbons (Fsp3) is 0.471. The SMILES string of the molecule is CCS(=O)(=O)N(C)CC(=O)Nc1ccc(Cc2noc(C(C)C)n2)cc1. The molecule has 0 aliphatic carbocycles. The summed E-state index contributed by atoms with van der Waals surface area (Å²) in [6.07, 6.45) is 0.530. The molecule has 0 bridgehead atoms. The van der Waals surface area contributed by atoms with Crippen LogP contribution in [0.25, 0.3) is 0 Å². The minimum absolute atomic E-state index is 0.0416. The number of amides is 1. The number of benzene rings is 1. The Balaban J connectivity index is 1.93. The predicted molar refractivity (Wildman–Crippen MR) is 98.4 cm³/mol. The van der Waals surface area contributed by atoms with E-state index in [-0.39, 0.29) is 18.2 Å². The number of nitrogens with zero attached hydrogens (tertiary/aromatic N) is 3. The molecule has 0 spiro atoms. The number of nitrogens with one attached hydrogen (secondary N) is 1. The zero-order valence-electron chi connectivity index (χ0n) is 15.4. The molecule has 2 aromatic rings. The summed E-state index contributed by atoms with van der Waals surface area (Å²) in [7, 11) is -1.99. The van der Waals surface area contributed by atoms with E-state index in [2.05, 4.69) is 15.5 Å². The summed E-state index contributed by atoms with van der Waals surface area (Å²) in [5.41, 5.74) is 1.57. The number of hydrogen-bond donors (Lipinski definition) is 1. The molecule has 2 rings (SSSR count). The molecule has 1 N–H and O–H groups in total. The molecule has 1 aromatic carbocycles. The van der Waals surface area contributed by atoms with E-state index in [1.54, 1.807) is 12.1 Å². The van der Waals surface area contributed by atoms with Crippen LogP contribution in [-0.2, 0) is 21.2 Å². The highest BCUT2D eigenvalue weighted by atomic mass is 32.2. The van der Waals surface area contributed by atoms with Crippen LogP contribution in [0.1, 0.15) is 44.0 Å². The number of aromatic nitrogens is 2. The first kappa shape index (κ1) is 20.1. The zero-order chi connectivity index (χ0) is 19.3. The number of carbonyl (C=O) groups excluding carboxylic acids is 1. The fourth-order valence-corrected chi connectivity index (χ4v) is 2.94. The number of anilines is 1. The van der Waals surface area contributed by atoms with Crippen molar-refractivity contribution in [3.63, 3.8) is 0 Å². The van der Waals surface area contributed by atoms with E-state index in [0.29, 0.717) is 23.8 Å². The summed E-state index contributed by atoms with van der Waals surface area (Å²) in [6, 6.07) is 7.22. The zero-order valence-corrected chi connectivity index (χ0v) is 16.2. The van der Waals surface area contributed by atoms with Crippen LogP contribution < -0.4 is 5.32 Å². The lowest BCUT2D eigenvalue weighted by Crippen LogP contribution is -2.35. The largest absolute Gasteiger partial charge is 0.339 e. The van der Waals surface area contributed by atoms with Crippen LogP contribution in [0.15, 0.2) is 28.8 Å². The Hall–Kier alpha value is -2.26. The summed E-state index contributed by atoms with van der Waals surface area (Å²) in [6.45, 7) is 5.28. The summed E-state index contributed by atoms with van der Waals surface area (Å²) < 4.78 is 29.6. The molecule has 142 valence electrons. The van der Waals surface area contributed by atoms with Crippen LogP contribution >= 0.6 is 0 Å². The van der Waals surface area contributed by atoms with E-state index < -0.39 is 15.9 Å². The van der Waals surface area contributed by atoms with Gasteiger partial charge in [-0.15, -0.1) is 0 Å². The highest BCUT2D eigenvalue weighted by Gasteiger charge is 2.18. The number of likely N-dealkylation sites (N-methyl/N-ethyl adjacent to an activating group) is 1. The van der Waals surface area contributed by atoms with Gasteiger partial charge in [0.25, 0.3) is 0 Å². The van der Waals surface area contributed by atoms with E-state index in [1.165, 1.54) is 14.0 Å². The lowest BCUT2D eigenvalue weighted by atomic mass is 10.1. The third-order valence-electron chi connectivity index (χ3n) is 3.78. The van der Waals surface area contributed by atoms with Crippen molar-refractivity contribution >= 4 is 21.6 Å². The Labute approximate surface area is 153 Å². The standard InChI is InChI=1S/C17H24N4O4S/c1-5-26(23,24)21(4)11-16(22)18-14-8-6-13(7-9-14)10-15-19-17(12(2)3)25-20-15/h6-9,12H,5,10-11H2,1-4H3,(H,18,22).